The summed E-state index contributed by atoms with van der Waals surface area (Å²) >= 11 is 0. The Morgan fingerprint density at radius 1 is 1.20 bits per heavy atom. The largest absolute Gasteiger partial charge is 0.274 e. The third-order valence-corrected chi connectivity index (χ3v) is 0.977. The maximum Gasteiger partial charge on any atom is 0.230 e. The third-order valence-electron chi connectivity index (χ3n) is 0.977. The molecule has 0 N–H and O–H groups in total. The fourth-order valence-electron chi connectivity index (χ4n) is 0.581. The molecule has 0 fully saturated rings. The van der Waals surface area contributed by atoms with Crippen LogP contribution >= 0.6 is 0 Å². The average Bonchev–Trinajstić information content (AvgIpc) is 1.81. The Morgan fingerprint density at radius 3 is 1.70 bits per heavy atom. The van der Waals surface area contributed by atoms with Gasteiger partial charge < -0.3 is 0 Å². The highest BCUT2D eigenvalue weighted by atomic mass is 16.2. The molecule has 3 nitrogen and oxygen atoms in total. The van der Waals surface area contributed by atoms with E-state index in [9.17, 15) is 9.59 Å². The summed E-state index contributed by atoms with van der Waals surface area (Å²) in [6.07, 6.45) is 3.09. The van der Waals surface area contributed by atoms with Crippen LogP contribution in [-0.4, -0.2) is 16.7 Å². The van der Waals surface area contributed by atoms with Crippen LogP contribution in [0.15, 0.2) is 12.3 Å². The molecule has 0 aliphatic heterocycles. The van der Waals surface area contributed by atoms with E-state index in [1.165, 1.54) is 20.0 Å². The van der Waals surface area contributed by atoms with E-state index < -0.39 is 0 Å². The van der Waals surface area contributed by atoms with E-state index in [2.05, 4.69) is 0 Å². The molecule has 0 aromatic carbocycles. The number of hydrogen-bond acceptors (Lipinski definition) is 2. The van der Waals surface area contributed by atoms with Crippen molar-refractivity contribution in [3.05, 3.63) is 12.3 Å². The van der Waals surface area contributed by atoms with Crippen molar-refractivity contribution in [3.8, 4) is 0 Å². The molecule has 2 amide bonds. The lowest BCUT2D eigenvalue weighted by molar-refractivity contribution is -0.138. The Balaban J connectivity index is 4.27. The molecule has 0 unspecified atom stereocenters. The Hall–Kier alpha value is -1.12. The average molecular weight is 141 g/mol. The molecule has 0 spiro atoms. The molecule has 0 saturated carbocycles. The zero-order chi connectivity index (χ0) is 8.15. The Morgan fingerprint density at radius 2 is 1.60 bits per heavy atom. The minimum Gasteiger partial charge on any atom is -0.274 e. The summed E-state index contributed by atoms with van der Waals surface area (Å²) < 4.78 is 0. The van der Waals surface area contributed by atoms with Crippen LogP contribution in [0.5, 0.6) is 0 Å². The molecule has 0 radical (unpaired) electrons. The van der Waals surface area contributed by atoms with Crippen molar-refractivity contribution in [3.63, 3.8) is 0 Å². The predicted octanol–water partition coefficient (Wildman–Crippen LogP) is 0.915. The lowest BCUT2D eigenvalue weighted by atomic mass is 10.5. The van der Waals surface area contributed by atoms with Gasteiger partial charge in [0.25, 0.3) is 0 Å². The number of allylic oxidation sites excluding steroid dienone is 1. The van der Waals surface area contributed by atoms with Gasteiger partial charge in [-0.2, -0.15) is 0 Å². The summed E-state index contributed by atoms with van der Waals surface area (Å²) in [7, 11) is 0. The second kappa shape index (κ2) is 3.82. The molecular formula is C7H11NO2. The fourth-order valence-corrected chi connectivity index (χ4v) is 0.581. The summed E-state index contributed by atoms with van der Waals surface area (Å²) in [4.78, 5) is 22.3. The van der Waals surface area contributed by atoms with Crippen LogP contribution in [0, 0.1) is 0 Å². The normalized spacial score (nSPS) is 9.90. The number of carbonyl (C=O) groups excluding carboxylic acids is 2. The maximum absolute atomic E-state index is 10.6. The number of carbonyl (C=O) groups is 2. The van der Waals surface area contributed by atoms with Gasteiger partial charge in [-0.05, 0) is 6.92 Å². The topological polar surface area (TPSA) is 37.4 Å². The van der Waals surface area contributed by atoms with Gasteiger partial charge in [0.1, 0.15) is 0 Å². The molecule has 10 heavy (non-hydrogen) atoms. The standard InChI is InChI=1S/C7H11NO2/c1-4-5-8(6(2)9)7(3)10/h4-5H,1-3H3. The van der Waals surface area contributed by atoms with Gasteiger partial charge in [0.05, 0.1) is 0 Å². The number of amides is 2. The van der Waals surface area contributed by atoms with Gasteiger partial charge in [-0.15, -0.1) is 0 Å². The Kier molecular flexibility index (Phi) is 3.39. The fraction of sp³-hybridized carbons (Fsp3) is 0.429. The van der Waals surface area contributed by atoms with E-state index in [1.807, 2.05) is 0 Å². The predicted molar refractivity (Wildman–Crippen MR) is 38.0 cm³/mol. The Labute approximate surface area is 60.3 Å². The van der Waals surface area contributed by atoms with Crippen LogP contribution in [0.2, 0.25) is 0 Å². The molecule has 0 atom stereocenters. The van der Waals surface area contributed by atoms with E-state index in [0.717, 1.165) is 4.90 Å². The summed E-state index contributed by atoms with van der Waals surface area (Å²) in [6.45, 7) is 4.45. The van der Waals surface area contributed by atoms with Crippen LogP contribution in [0.4, 0.5) is 0 Å². The highest BCUT2D eigenvalue weighted by molar-refractivity contribution is 5.94. The molecule has 0 aromatic heterocycles. The lowest BCUT2D eigenvalue weighted by Gasteiger charge is -2.09. The van der Waals surface area contributed by atoms with E-state index >= 15 is 0 Å². The molecule has 0 heterocycles. The monoisotopic (exact) mass is 141 g/mol. The van der Waals surface area contributed by atoms with Crippen molar-refractivity contribution in [1.29, 1.82) is 0 Å². The van der Waals surface area contributed by atoms with Crippen molar-refractivity contribution in [1.82, 2.24) is 4.90 Å². The van der Waals surface area contributed by atoms with Crippen LogP contribution in [0.3, 0.4) is 0 Å². The zero-order valence-electron chi connectivity index (χ0n) is 6.42. The molecule has 0 rings (SSSR count). The van der Waals surface area contributed by atoms with Crippen LogP contribution in [0.25, 0.3) is 0 Å². The molecule has 56 valence electrons. The number of nitrogens with zero attached hydrogens (tertiary/aromatic N) is 1. The van der Waals surface area contributed by atoms with Crippen molar-refractivity contribution in [2.45, 2.75) is 20.8 Å². The summed E-state index contributed by atoms with van der Waals surface area (Å²) in [6, 6.07) is 0. The van der Waals surface area contributed by atoms with E-state index in [4.69, 9.17) is 0 Å². The van der Waals surface area contributed by atoms with Crippen molar-refractivity contribution >= 4 is 11.8 Å². The van der Waals surface area contributed by atoms with Crippen molar-refractivity contribution in [2.24, 2.45) is 0 Å². The Bertz CT molecular complexity index is 158. The van der Waals surface area contributed by atoms with E-state index in [1.54, 1.807) is 13.0 Å². The van der Waals surface area contributed by atoms with Crippen molar-refractivity contribution < 1.29 is 9.59 Å². The lowest BCUT2D eigenvalue weighted by Crippen LogP contribution is -2.27. The molecule has 3 heteroatoms. The second-order valence-electron chi connectivity index (χ2n) is 1.89. The summed E-state index contributed by atoms with van der Waals surface area (Å²) in [5.41, 5.74) is 0. The van der Waals surface area contributed by atoms with Crippen LogP contribution in [-0.2, 0) is 9.59 Å². The molecule has 0 aliphatic carbocycles. The highest BCUT2D eigenvalue weighted by Gasteiger charge is 2.07. The second-order valence-corrected chi connectivity index (χ2v) is 1.89. The smallest absolute Gasteiger partial charge is 0.230 e. The van der Waals surface area contributed by atoms with E-state index in [0.29, 0.717) is 0 Å². The van der Waals surface area contributed by atoms with Gasteiger partial charge in [-0.1, -0.05) is 6.08 Å². The van der Waals surface area contributed by atoms with Gasteiger partial charge in [0, 0.05) is 20.0 Å². The molecule has 0 aromatic rings. The molecular weight excluding hydrogens is 130 g/mol. The number of imide groups is 1. The first-order valence-corrected chi connectivity index (χ1v) is 3.02. The van der Waals surface area contributed by atoms with E-state index in [-0.39, 0.29) is 11.8 Å². The number of hydrogen-bond donors (Lipinski definition) is 0. The molecule has 0 saturated heterocycles. The number of rotatable bonds is 1. The quantitative estimate of drug-likeness (QED) is 0.544. The van der Waals surface area contributed by atoms with Crippen LogP contribution in [0.1, 0.15) is 20.8 Å². The van der Waals surface area contributed by atoms with Gasteiger partial charge in [0.15, 0.2) is 0 Å². The summed E-state index contributed by atoms with van der Waals surface area (Å²) in [5.74, 6) is -0.517. The van der Waals surface area contributed by atoms with Gasteiger partial charge in [-0.25, -0.2) is 0 Å². The maximum atomic E-state index is 10.6. The first kappa shape index (κ1) is 8.88. The highest BCUT2D eigenvalue weighted by Crippen LogP contribution is 1.91. The van der Waals surface area contributed by atoms with Gasteiger partial charge in [-0.3, -0.25) is 14.5 Å². The summed E-state index contributed by atoms with van der Waals surface area (Å²) in [5, 5.41) is 0. The van der Waals surface area contributed by atoms with Crippen LogP contribution < -0.4 is 0 Å². The molecule has 0 bridgehead atoms. The van der Waals surface area contributed by atoms with Gasteiger partial charge >= 0.3 is 0 Å². The third kappa shape index (κ3) is 2.44. The first-order chi connectivity index (χ1) is 4.59. The van der Waals surface area contributed by atoms with Crippen molar-refractivity contribution in [2.75, 3.05) is 0 Å². The minimum atomic E-state index is -0.259. The molecule has 0 aliphatic rings. The first-order valence-electron chi connectivity index (χ1n) is 3.02. The van der Waals surface area contributed by atoms with Gasteiger partial charge in [0.2, 0.25) is 11.8 Å². The minimum absolute atomic E-state index is 0.259. The SMILES string of the molecule is CC=CN(C(C)=O)C(C)=O. The zero-order valence-corrected chi connectivity index (χ0v) is 6.42.